The molecule has 0 unspecified atom stereocenters. The van der Waals surface area contributed by atoms with Gasteiger partial charge in [-0.25, -0.2) is 0 Å². The molecule has 0 aliphatic rings. The van der Waals surface area contributed by atoms with Crippen LogP contribution in [0.3, 0.4) is 0 Å². The zero-order valence-corrected chi connectivity index (χ0v) is 29.4. The molecule has 0 N–H and O–H groups in total. The summed E-state index contributed by atoms with van der Waals surface area (Å²) in [5, 5.41) is 41.5. The molecule has 0 atom stereocenters. The number of hydrogen-bond acceptors (Lipinski definition) is 8. The Labute approximate surface area is 278 Å². The molecule has 0 amide bonds. The summed E-state index contributed by atoms with van der Waals surface area (Å²) in [7, 11) is 0. The first-order chi connectivity index (χ1) is 21.6. The van der Waals surface area contributed by atoms with Gasteiger partial charge in [0, 0.05) is 0 Å². The molecule has 242 valence electrons. The molecule has 9 heteroatoms. The third-order valence-electron chi connectivity index (χ3n) is 6.54. The fourth-order valence-electron chi connectivity index (χ4n) is 4.15. The Hall–Kier alpha value is -3.40. The van der Waals surface area contributed by atoms with Crippen LogP contribution in [0.4, 0.5) is 0 Å². The zero-order valence-electron chi connectivity index (χ0n) is 26.6. The van der Waals surface area contributed by atoms with Gasteiger partial charge in [-0.3, -0.25) is 0 Å². The summed E-state index contributed by atoms with van der Waals surface area (Å²) in [4.78, 5) is 41.5. The fraction of sp³-hybridized carbons (Fsp3) is 0.444. The van der Waals surface area contributed by atoms with E-state index in [1.807, 2.05) is 0 Å². The van der Waals surface area contributed by atoms with Crippen LogP contribution in [0.5, 0.6) is 0 Å². The summed E-state index contributed by atoms with van der Waals surface area (Å²) in [6.45, 7) is 4.24. The maximum atomic E-state index is 10.5. The first-order valence-corrected chi connectivity index (χ1v) is 18.6. The number of aliphatic carboxylic acids is 4. The van der Waals surface area contributed by atoms with Crippen molar-refractivity contribution in [1.82, 2.24) is 0 Å². The van der Waals surface area contributed by atoms with E-state index in [1.165, 1.54) is 20.0 Å². The quantitative estimate of drug-likeness (QED) is 0.113. The molecule has 0 fully saturated rings. The average Bonchev–Trinajstić information content (AvgIpc) is 3.00. The maximum absolute atomic E-state index is 10.5. The third kappa shape index (κ3) is 25.6. The monoisotopic (exact) mass is 726 g/mol. The van der Waals surface area contributed by atoms with Gasteiger partial charge in [0.05, 0.1) is 23.9 Å². The molecule has 6 radical (unpaired) electrons. The molecule has 45 heavy (non-hydrogen) atoms. The van der Waals surface area contributed by atoms with E-state index >= 15 is 0 Å². The van der Waals surface area contributed by atoms with Crippen LogP contribution in [0.2, 0.25) is 0 Å². The van der Waals surface area contributed by atoms with E-state index in [-0.39, 0.29) is 24.0 Å². The fourth-order valence-corrected chi connectivity index (χ4v) is 7.15. The van der Waals surface area contributed by atoms with Gasteiger partial charge in [0.15, 0.2) is 0 Å². The second-order valence-corrected chi connectivity index (χ2v) is 14.5. The van der Waals surface area contributed by atoms with Crippen LogP contribution in [-0.2, 0) is 19.2 Å². The van der Waals surface area contributed by atoms with E-state index in [1.54, 1.807) is 0 Å². The van der Waals surface area contributed by atoms with Gasteiger partial charge in [-0.15, -0.1) is 0 Å². The molecule has 0 aliphatic heterocycles. The van der Waals surface area contributed by atoms with Crippen molar-refractivity contribution in [1.29, 1.82) is 0 Å². The van der Waals surface area contributed by atoms with Gasteiger partial charge in [0.1, 0.15) is 0 Å². The molecule has 0 saturated heterocycles. The Morgan fingerprint density at radius 3 is 1.11 bits per heavy atom. The molecule has 0 aliphatic carbocycles. The summed E-state index contributed by atoms with van der Waals surface area (Å²) < 4.78 is 3.08. The number of carbonyl (C=O) groups is 4. The molecule has 0 spiro atoms. The average molecular weight is 725 g/mol. The van der Waals surface area contributed by atoms with Gasteiger partial charge >= 0.3 is 89.0 Å². The molecular weight excluding hydrogens is 679 g/mol. The summed E-state index contributed by atoms with van der Waals surface area (Å²) in [5.41, 5.74) is -0.369. The predicted molar refractivity (Wildman–Crippen MR) is 170 cm³/mol. The van der Waals surface area contributed by atoms with E-state index in [0.717, 1.165) is 51.4 Å². The Morgan fingerprint density at radius 1 is 0.511 bits per heavy atom. The zero-order chi connectivity index (χ0) is 33.7. The van der Waals surface area contributed by atoms with Crippen LogP contribution in [0.15, 0.2) is 84.0 Å². The standard InChI is InChI=1S/2C12H20O4.2C6H5.Sn/c2*1-2-3-4-5-6-7-8-10(12(15)16)9-11(13)14;2*1-2-4-6-5-3-1;/h2*9H,2-8H2,1H3,(H,13,14)(H,15,16);2*1-5H;/q;;;;+4/p-4/b2*10-9-;;;. The van der Waals surface area contributed by atoms with E-state index < -0.39 is 45.0 Å². The molecule has 0 aromatic heterocycles. The van der Waals surface area contributed by atoms with Crippen molar-refractivity contribution in [3.63, 3.8) is 0 Å². The minimum atomic E-state index is -1.48. The third-order valence-corrected chi connectivity index (χ3v) is 10.1. The van der Waals surface area contributed by atoms with Gasteiger partial charge in [0.25, 0.3) is 0 Å². The molecule has 0 heterocycles. The Morgan fingerprint density at radius 2 is 0.822 bits per heavy atom. The Balaban J connectivity index is 0.000000648. The number of carboxylic acids is 4. The second-order valence-electron chi connectivity index (χ2n) is 10.4. The summed E-state index contributed by atoms with van der Waals surface area (Å²) in [6.07, 6.45) is 14.0. The normalized spacial score (nSPS) is 11.0. The van der Waals surface area contributed by atoms with Crippen LogP contribution < -0.4 is 27.6 Å². The number of benzene rings is 2. The van der Waals surface area contributed by atoms with Gasteiger partial charge < -0.3 is 39.6 Å². The number of carboxylic acid groups (broad SMARTS) is 4. The topological polar surface area (TPSA) is 161 Å². The van der Waals surface area contributed by atoms with Crippen molar-refractivity contribution >= 4 is 52.2 Å². The van der Waals surface area contributed by atoms with Crippen molar-refractivity contribution in [3.8, 4) is 0 Å². The first kappa shape index (κ1) is 41.6. The first-order valence-electron chi connectivity index (χ1n) is 15.7. The molecule has 2 rings (SSSR count). The molecule has 2 aromatic rings. The van der Waals surface area contributed by atoms with Crippen molar-refractivity contribution < 1.29 is 39.6 Å². The van der Waals surface area contributed by atoms with Crippen LogP contribution >= 0.6 is 0 Å². The number of rotatable bonds is 20. The SMILES string of the molecule is CCCCCCCC/C(=C/C(=O)[O-])C(=O)[O-].CCCCCCCC/C(=C/C(=O)[O-])C(=O)[O-].c1cc[c]([Sn+4][c]2ccccc2)cc1. The second kappa shape index (κ2) is 28.1. The molecular formula is C36H46O8Sn. The van der Waals surface area contributed by atoms with Crippen LogP contribution in [0.25, 0.3) is 0 Å². The number of carbonyl (C=O) groups excluding carboxylic acids is 4. The van der Waals surface area contributed by atoms with Gasteiger partial charge in [-0.05, 0) is 49.0 Å². The summed E-state index contributed by atoms with van der Waals surface area (Å²) in [5.74, 6) is -5.80. The van der Waals surface area contributed by atoms with E-state index in [2.05, 4.69) is 74.5 Å². The predicted octanol–water partition coefficient (Wildman–Crippen LogP) is 1.67. The van der Waals surface area contributed by atoms with Crippen molar-refractivity contribution in [2.75, 3.05) is 0 Å². The minimum absolute atomic E-state index is 0.185. The van der Waals surface area contributed by atoms with Crippen LogP contribution in [0.1, 0.15) is 104 Å². The van der Waals surface area contributed by atoms with Crippen molar-refractivity contribution in [3.05, 3.63) is 84.0 Å². The van der Waals surface area contributed by atoms with Crippen molar-refractivity contribution in [2.45, 2.75) is 104 Å². The van der Waals surface area contributed by atoms with Gasteiger partial charge in [0.2, 0.25) is 0 Å². The Bertz CT molecular complexity index is 1070. The van der Waals surface area contributed by atoms with E-state index in [4.69, 9.17) is 0 Å². The van der Waals surface area contributed by atoms with Crippen molar-refractivity contribution in [2.24, 2.45) is 0 Å². The van der Waals surface area contributed by atoms with Gasteiger partial charge in [-0.1, -0.05) is 78.1 Å². The number of unbranched alkanes of at least 4 members (excludes halogenated alkanes) is 10. The van der Waals surface area contributed by atoms with Crippen LogP contribution in [0, 0.1) is 0 Å². The van der Waals surface area contributed by atoms with E-state index in [0.29, 0.717) is 25.0 Å². The van der Waals surface area contributed by atoms with E-state index in [9.17, 15) is 39.6 Å². The Kier molecular flexibility index (Phi) is 26.0. The molecule has 2 aromatic carbocycles. The van der Waals surface area contributed by atoms with Gasteiger partial charge in [-0.2, -0.15) is 0 Å². The molecule has 8 nitrogen and oxygen atoms in total. The van der Waals surface area contributed by atoms with Crippen LogP contribution in [-0.4, -0.2) is 45.0 Å². The number of hydrogen-bond donors (Lipinski definition) is 0. The summed E-state index contributed by atoms with van der Waals surface area (Å²) in [6, 6.07) is 21.6. The summed E-state index contributed by atoms with van der Waals surface area (Å²) >= 11 is -0.517. The molecule has 0 bridgehead atoms. The molecule has 0 saturated carbocycles.